The molecule has 1 rings (SSSR count). The number of carbonyl (C=O) groups is 1. The van der Waals surface area contributed by atoms with Crippen molar-refractivity contribution in [3.05, 3.63) is 28.8 Å². The average molecular weight is 398 g/mol. The van der Waals surface area contributed by atoms with Gasteiger partial charge in [-0.3, -0.25) is 4.79 Å². The van der Waals surface area contributed by atoms with Crippen LogP contribution in [0.2, 0.25) is 5.02 Å². The van der Waals surface area contributed by atoms with Gasteiger partial charge in [-0.1, -0.05) is 11.6 Å². The summed E-state index contributed by atoms with van der Waals surface area (Å²) in [7, 11) is -1.82. The van der Waals surface area contributed by atoms with Crippen molar-refractivity contribution in [3.8, 4) is 0 Å². The normalized spacial score (nSPS) is 12.6. The quantitative estimate of drug-likeness (QED) is 0.627. The van der Waals surface area contributed by atoms with Crippen molar-refractivity contribution in [2.75, 3.05) is 13.6 Å². The molecule has 0 aromatic heterocycles. The third-order valence-corrected chi connectivity index (χ3v) is 5.23. The zero-order chi connectivity index (χ0) is 17.6. The molecule has 0 fully saturated rings. The van der Waals surface area contributed by atoms with E-state index >= 15 is 0 Å². The Labute approximate surface area is 155 Å². The summed E-state index contributed by atoms with van der Waals surface area (Å²) < 4.78 is 26.8. The van der Waals surface area contributed by atoms with Gasteiger partial charge >= 0.3 is 0 Å². The predicted molar refractivity (Wildman–Crippen MR) is 99.6 cm³/mol. The van der Waals surface area contributed by atoms with E-state index in [0.717, 1.165) is 6.42 Å². The second-order valence-electron chi connectivity index (χ2n) is 5.65. The highest BCUT2D eigenvalue weighted by atomic mass is 35.5. The fourth-order valence-electron chi connectivity index (χ4n) is 1.87. The summed E-state index contributed by atoms with van der Waals surface area (Å²) in [4.78, 5) is 12.2. The third kappa shape index (κ3) is 6.94. The fraction of sp³-hybridized carbons (Fsp3) is 0.533. The number of rotatable bonds is 8. The van der Waals surface area contributed by atoms with Crippen molar-refractivity contribution in [3.63, 3.8) is 0 Å². The van der Waals surface area contributed by atoms with Crippen LogP contribution in [-0.2, 0) is 10.0 Å². The standard InChI is InChI=1S/C15H24ClN3O3S.ClH/c1-10(2)19-23(21,22)12-5-6-14(16)13(9-12)15(20)18-8-7-11(3)17-4;/h5-6,9-11,17,19H,7-8H2,1-4H3,(H,18,20);1H. The summed E-state index contributed by atoms with van der Waals surface area (Å²) in [5.41, 5.74) is 0.149. The van der Waals surface area contributed by atoms with Crippen LogP contribution >= 0.6 is 24.0 Å². The molecule has 1 unspecified atom stereocenters. The van der Waals surface area contributed by atoms with E-state index in [0.29, 0.717) is 6.54 Å². The molecule has 0 heterocycles. The Morgan fingerprint density at radius 1 is 1.25 bits per heavy atom. The second kappa shape index (κ2) is 10.2. The number of halogens is 2. The minimum atomic E-state index is -3.67. The van der Waals surface area contributed by atoms with Gasteiger partial charge in [0, 0.05) is 18.6 Å². The number of benzene rings is 1. The number of nitrogens with one attached hydrogen (secondary N) is 3. The van der Waals surface area contributed by atoms with E-state index in [2.05, 4.69) is 15.4 Å². The van der Waals surface area contributed by atoms with Crippen LogP contribution in [0.15, 0.2) is 23.1 Å². The largest absolute Gasteiger partial charge is 0.352 e. The minimum absolute atomic E-state index is 0. The van der Waals surface area contributed by atoms with Crippen LogP contribution in [0.4, 0.5) is 0 Å². The Kier molecular flexibility index (Phi) is 9.84. The van der Waals surface area contributed by atoms with Gasteiger partial charge in [-0.25, -0.2) is 13.1 Å². The molecule has 1 amide bonds. The topological polar surface area (TPSA) is 87.3 Å². The molecule has 0 bridgehead atoms. The van der Waals surface area contributed by atoms with E-state index in [1.54, 1.807) is 13.8 Å². The summed E-state index contributed by atoms with van der Waals surface area (Å²) in [6.07, 6.45) is 0.757. The Hall–Kier alpha value is -0.860. The SMILES string of the molecule is CNC(C)CCNC(=O)c1cc(S(=O)(=O)NC(C)C)ccc1Cl.Cl. The Bertz CT molecular complexity index is 651. The van der Waals surface area contributed by atoms with E-state index in [1.165, 1.54) is 18.2 Å². The predicted octanol–water partition coefficient (Wildman–Crippen LogP) is 2.18. The number of sulfonamides is 1. The molecule has 1 aromatic rings. The summed E-state index contributed by atoms with van der Waals surface area (Å²) in [6.45, 7) is 5.93. The molecule has 3 N–H and O–H groups in total. The highest BCUT2D eigenvalue weighted by Crippen LogP contribution is 2.20. The minimum Gasteiger partial charge on any atom is -0.352 e. The molecule has 0 aliphatic rings. The molecule has 0 radical (unpaired) electrons. The number of hydrogen-bond donors (Lipinski definition) is 3. The zero-order valence-electron chi connectivity index (χ0n) is 14.2. The summed E-state index contributed by atoms with van der Waals surface area (Å²) >= 11 is 6.03. The Balaban J connectivity index is 0.00000529. The molecule has 138 valence electrons. The van der Waals surface area contributed by atoms with Crippen molar-refractivity contribution in [1.29, 1.82) is 0 Å². The summed E-state index contributed by atoms with van der Waals surface area (Å²) in [5.74, 6) is -0.389. The first-order chi connectivity index (χ1) is 10.7. The molecule has 9 heteroatoms. The molecule has 6 nitrogen and oxygen atoms in total. The van der Waals surface area contributed by atoms with Gasteiger partial charge in [0.15, 0.2) is 0 Å². The van der Waals surface area contributed by atoms with Gasteiger partial charge in [-0.15, -0.1) is 12.4 Å². The maximum Gasteiger partial charge on any atom is 0.252 e. The average Bonchev–Trinajstić information content (AvgIpc) is 2.45. The molecule has 0 aliphatic heterocycles. The summed E-state index contributed by atoms with van der Waals surface area (Å²) in [6, 6.07) is 4.13. The molecule has 0 spiro atoms. The van der Waals surface area contributed by atoms with Crippen molar-refractivity contribution in [2.45, 2.75) is 44.2 Å². The van der Waals surface area contributed by atoms with Crippen LogP contribution < -0.4 is 15.4 Å². The second-order valence-corrected chi connectivity index (χ2v) is 7.77. The van der Waals surface area contributed by atoms with Crippen LogP contribution in [0.5, 0.6) is 0 Å². The molecule has 0 saturated carbocycles. The Morgan fingerprint density at radius 2 is 1.88 bits per heavy atom. The van der Waals surface area contributed by atoms with Gasteiger partial charge in [-0.05, 0) is 52.4 Å². The van der Waals surface area contributed by atoms with Gasteiger partial charge in [0.1, 0.15) is 0 Å². The molecule has 24 heavy (non-hydrogen) atoms. The maximum atomic E-state index is 12.2. The van der Waals surface area contributed by atoms with E-state index in [9.17, 15) is 13.2 Å². The van der Waals surface area contributed by atoms with Gasteiger partial charge in [0.05, 0.1) is 15.5 Å². The lowest BCUT2D eigenvalue weighted by Crippen LogP contribution is -2.32. The first-order valence-corrected chi connectivity index (χ1v) is 9.31. The molecular weight excluding hydrogens is 373 g/mol. The number of amides is 1. The monoisotopic (exact) mass is 397 g/mol. The third-order valence-electron chi connectivity index (χ3n) is 3.24. The van der Waals surface area contributed by atoms with Gasteiger partial charge in [0.2, 0.25) is 10.0 Å². The number of hydrogen-bond acceptors (Lipinski definition) is 4. The zero-order valence-corrected chi connectivity index (χ0v) is 16.6. The van der Waals surface area contributed by atoms with E-state index < -0.39 is 10.0 Å². The van der Waals surface area contributed by atoms with E-state index in [1.807, 2.05) is 14.0 Å². The van der Waals surface area contributed by atoms with Crippen LogP contribution in [-0.4, -0.2) is 40.0 Å². The van der Waals surface area contributed by atoms with Crippen molar-refractivity contribution < 1.29 is 13.2 Å². The van der Waals surface area contributed by atoms with Crippen molar-refractivity contribution in [2.24, 2.45) is 0 Å². The smallest absolute Gasteiger partial charge is 0.252 e. The maximum absolute atomic E-state index is 12.2. The van der Waals surface area contributed by atoms with Crippen molar-refractivity contribution >= 4 is 39.9 Å². The van der Waals surface area contributed by atoms with Gasteiger partial charge in [-0.2, -0.15) is 0 Å². The first-order valence-electron chi connectivity index (χ1n) is 7.44. The molecule has 1 aromatic carbocycles. The van der Waals surface area contributed by atoms with Crippen LogP contribution in [0.3, 0.4) is 0 Å². The lowest BCUT2D eigenvalue weighted by atomic mass is 10.2. The lowest BCUT2D eigenvalue weighted by molar-refractivity contribution is 0.0952. The van der Waals surface area contributed by atoms with Crippen LogP contribution in [0.1, 0.15) is 37.6 Å². The highest BCUT2D eigenvalue weighted by molar-refractivity contribution is 7.89. The lowest BCUT2D eigenvalue weighted by Gasteiger charge is -2.13. The molecule has 1 atom stereocenters. The fourth-order valence-corrected chi connectivity index (χ4v) is 3.35. The molecule has 0 saturated heterocycles. The summed E-state index contributed by atoms with van der Waals surface area (Å²) in [5, 5.41) is 6.03. The molecular formula is C15H25Cl2N3O3S. The van der Waals surface area contributed by atoms with Crippen LogP contribution in [0.25, 0.3) is 0 Å². The van der Waals surface area contributed by atoms with Gasteiger partial charge in [0.25, 0.3) is 5.91 Å². The molecule has 0 aliphatic carbocycles. The van der Waals surface area contributed by atoms with E-state index in [-0.39, 0.29) is 45.9 Å². The first kappa shape index (κ1) is 23.1. The van der Waals surface area contributed by atoms with Crippen molar-refractivity contribution in [1.82, 2.24) is 15.4 Å². The van der Waals surface area contributed by atoms with Gasteiger partial charge < -0.3 is 10.6 Å². The van der Waals surface area contributed by atoms with Crippen LogP contribution in [0, 0.1) is 0 Å². The highest BCUT2D eigenvalue weighted by Gasteiger charge is 2.19. The number of carbonyl (C=O) groups excluding carboxylic acids is 1. The Morgan fingerprint density at radius 3 is 2.42 bits per heavy atom. The van der Waals surface area contributed by atoms with E-state index in [4.69, 9.17) is 11.6 Å².